The monoisotopic (exact) mass is 196 g/mol. The summed E-state index contributed by atoms with van der Waals surface area (Å²) in [4.78, 5) is 10.3. The van der Waals surface area contributed by atoms with Crippen molar-refractivity contribution in [2.75, 3.05) is 0 Å². The van der Waals surface area contributed by atoms with Gasteiger partial charge in [-0.15, -0.1) is 0 Å². The lowest BCUT2D eigenvalue weighted by Gasteiger charge is -2.05. The standard InChI is InChI=1S/C11H13FO2/c1-7-5-9(3-4-11(13)14)6-10(12)8(7)2/h5-6H,3-4H2,1-2H3,(H,13,14). The molecule has 0 aliphatic rings. The molecular formula is C11H13FO2. The summed E-state index contributed by atoms with van der Waals surface area (Å²) >= 11 is 0. The summed E-state index contributed by atoms with van der Waals surface area (Å²) in [7, 11) is 0. The molecule has 0 fully saturated rings. The predicted octanol–water partition coefficient (Wildman–Crippen LogP) is 2.46. The lowest BCUT2D eigenvalue weighted by atomic mass is 10.0. The van der Waals surface area contributed by atoms with Crippen molar-refractivity contribution >= 4 is 5.97 Å². The first-order chi connectivity index (χ1) is 6.50. The Hall–Kier alpha value is -1.38. The Kier molecular flexibility index (Phi) is 3.23. The van der Waals surface area contributed by atoms with Crippen molar-refractivity contribution in [2.45, 2.75) is 26.7 Å². The van der Waals surface area contributed by atoms with Crippen molar-refractivity contribution in [3.8, 4) is 0 Å². The van der Waals surface area contributed by atoms with Crippen LogP contribution in [0.15, 0.2) is 12.1 Å². The third-order valence-electron chi connectivity index (χ3n) is 2.29. The van der Waals surface area contributed by atoms with Crippen LogP contribution in [0.25, 0.3) is 0 Å². The number of aryl methyl sites for hydroxylation is 2. The third-order valence-corrected chi connectivity index (χ3v) is 2.29. The highest BCUT2D eigenvalue weighted by Gasteiger charge is 2.05. The minimum atomic E-state index is -0.858. The fourth-order valence-corrected chi connectivity index (χ4v) is 1.28. The Bertz CT molecular complexity index is 335. The number of carboxylic acids is 1. The van der Waals surface area contributed by atoms with E-state index in [1.54, 1.807) is 6.92 Å². The second-order valence-electron chi connectivity index (χ2n) is 3.41. The zero-order valence-electron chi connectivity index (χ0n) is 8.30. The first-order valence-corrected chi connectivity index (χ1v) is 4.48. The molecular weight excluding hydrogens is 183 g/mol. The van der Waals surface area contributed by atoms with Gasteiger partial charge in [0.25, 0.3) is 0 Å². The maximum absolute atomic E-state index is 13.2. The fraction of sp³-hybridized carbons (Fsp3) is 0.364. The van der Waals surface area contributed by atoms with Crippen molar-refractivity contribution in [2.24, 2.45) is 0 Å². The minimum absolute atomic E-state index is 0.0436. The molecule has 0 bridgehead atoms. The number of hydrogen-bond acceptors (Lipinski definition) is 1. The van der Waals surface area contributed by atoms with E-state index in [1.165, 1.54) is 6.07 Å². The maximum Gasteiger partial charge on any atom is 0.303 e. The molecule has 2 nitrogen and oxygen atoms in total. The topological polar surface area (TPSA) is 37.3 Å². The van der Waals surface area contributed by atoms with Crippen LogP contribution in [0.3, 0.4) is 0 Å². The highest BCUT2D eigenvalue weighted by atomic mass is 19.1. The van der Waals surface area contributed by atoms with E-state index < -0.39 is 5.97 Å². The van der Waals surface area contributed by atoms with E-state index in [2.05, 4.69) is 0 Å². The van der Waals surface area contributed by atoms with E-state index in [0.717, 1.165) is 11.1 Å². The first-order valence-electron chi connectivity index (χ1n) is 4.48. The van der Waals surface area contributed by atoms with Gasteiger partial charge >= 0.3 is 5.97 Å². The number of carboxylic acid groups (broad SMARTS) is 1. The molecule has 0 aromatic heterocycles. The zero-order valence-corrected chi connectivity index (χ0v) is 8.30. The quantitative estimate of drug-likeness (QED) is 0.806. The van der Waals surface area contributed by atoms with Gasteiger partial charge in [-0.2, -0.15) is 0 Å². The number of hydrogen-bond donors (Lipinski definition) is 1. The van der Waals surface area contributed by atoms with Crippen LogP contribution in [0.4, 0.5) is 4.39 Å². The summed E-state index contributed by atoms with van der Waals surface area (Å²) in [6, 6.07) is 3.24. The molecule has 1 N–H and O–H groups in total. The highest BCUT2D eigenvalue weighted by Crippen LogP contribution is 2.15. The van der Waals surface area contributed by atoms with E-state index in [-0.39, 0.29) is 12.2 Å². The molecule has 0 aliphatic heterocycles. The van der Waals surface area contributed by atoms with E-state index >= 15 is 0 Å². The van der Waals surface area contributed by atoms with E-state index in [4.69, 9.17) is 5.11 Å². The fourth-order valence-electron chi connectivity index (χ4n) is 1.28. The Morgan fingerprint density at radius 1 is 1.43 bits per heavy atom. The second-order valence-corrected chi connectivity index (χ2v) is 3.41. The lowest BCUT2D eigenvalue weighted by molar-refractivity contribution is -0.136. The van der Waals surface area contributed by atoms with Crippen molar-refractivity contribution in [1.29, 1.82) is 0 Å². The van der Waals surface area contributed by atoms with E-state index in [9.17, 15) is 9.18 Å². The highest BCUT2D eigenvalue weighted by molar-refractivity contribution is 5.67. The van der Waals surface area contributed by atoms with Crippen LogP contribution >= 0.6 is 0 Å². The molecule has 1 aromatic rings. The molecule has 0 unspecified atom stereocenters. The largest absolute Gasteiger partial charge is 0.481 e. The Morgan fingerprint density at radius 3 is 2.57 bits per heavy atom. The number of carbonyl (C=O) groups is 1. The van der Waals surface area contributed by atoms with Crippen molar-refractivity contribution in [3.05, 3.63) is 34.6 Å². The normalized spacial score (nSPS) is 10.2. The van der Waals surface area contributed by atoms with Gasteiger partial charge in [-0.05, 0) is 43.0 Å². The zero-order chi connectivity index (χ0) is 10.7. The van der Waals surface area contributed by atoms with E-state index in [1.807, 2.05) is 13.0 Å². The second kappa shape index (κ2) is 4.22. The third kappa shape index (κ3) is 2.55. The van der Waals surface area contributed by atoms with Crippen LogP contribution in [0.5, 0.6) is 0 Å². The van der Waals surface area contributed by atoms with Gasteiger partial charge in [-0.3, -0.25) is 4.79 Å². The number of aliphatic carboxylic acids is 1. The van der Waals surface area contributed by atoms with Crippen LogP contribution in [0.2, 0.25) is 0 Å². The number of rotatable bonds is 3. The summed E-state index contributed by atoms with van der Waals surface area (Å²) < 4.78 is 13.2. The van der Waals surface area contributed by atoms with Crippen LogP contribution in [-0.2, 0) is 11.2 Å². The SMILES string of the molecule is Cc1cc(CCC(=O)O)cc(F)c1C. The molecule has 14 heavy (non-hydrogen) atoms. The molecule has 0 saturated heterocycles. The molecule has 1 rings (SSSR count). The number of halogens is 1. The Labute approximate surface area is 82.4 Å². The van der Waals surface area contributed by atoms with Gasteiger partial charge in [0.1, 0.15) is 5.82 Å². The summed E-state index contributed by atoms with van der Waals surface area (Å²) in [5, 5.41) is 8.47. The predicted molar refractivity (Wildman–Crippen MR) is 51.8 cm³/mol. The summed E-state index contributed by atoms with van der Waals surface area (Å²) in [5.74, 6) is -1.12. The summed E-state index contributed by atoms with van der Waals surface area (Å²) in [5.41, 5.74) is 2.24. The molecule has 0 spiro atoms. The molecule has 0 radical (unpaired) electrons. The van der Waals surface area contributed by atoms with Crippen molar-refractivity contribution < 1.29 is 14.3 Å². The lowest BCUT2D eigenvalue weighted by Crippen LogP contribution is -1.99. The van der Waals surface area contributed by atoms with Gasteiger partial charge in [0.05, 0.1) is 0 Å². The van der Waals surface area contributed by atoms with Crippen LogP contribution in [-0.4, -0.2) is 11.1 Å². The molecule has 0 amide bonds. The molecule has 76 valence electrons. The molecule has 1 aromatic carbocycles. The molecule has 0 aliphatic carbocycles. The molecule has 3 heteroatoms. The Morgan fingerprint density at radius 2 is 2.07 bits per heavy atom. The van der Waals surface area contributed by atoms with Crippen LogP contribution in [0, 0.1) is 19.7 Å². The van der Waals surface area contributed by atoms with Crippen molar-refractivity contribution in [1.82, 2.24) is 0 Å². The van der Waals surface area contributed by atoms with Gasteiger partial charge < -0.3 is 5.11 Å². The summed E-state index contributed by atoms with van der Waals surface area (Å²) in [6.07, 6.45) is 0.426. The molecule has 0 heterocycles. The van der Waals surface area contributed by atoms with Gasteiger partial charge in [-0.1, -0.05) is 6.07 Å². The van der Waals surface area contributed by atoms with E-state index in [0.29, 0.717) is 12.0 Å². The van der Waals surface area contributed by atoms with Gasteiger partial charge in [-0.25, -0.2) is 4.39 Å². The van der Waals surface area contributed by atoms with Gasteiger partial charge in [0, 0.05) is 6.42 Å². The maximum atomic E-state index is 13.2. The Balaban J connectivity index is 2.84. The minimum Gasteiger partial charge on any atom is -0.481 e. The molecule has 0 atom stereocenters. The van der Waals surface area contributed by atoms with Crippen LogP contribution in [0.1, 0.15) is 23.1 Å². The summed E-state index contributed by atoms with van der Waals surface area (Å²) in [6.45, 7) is 3.54. The average Bonchev–Trinajstić information content (AvgIpc) is 2.10. The van der Waals surface area contributed by atoms with Gasteiger partial charge in [0.15, 0.2) is 0 Å². The number of benzene rings is 1. The van der Waals surface area contributed by atoms with Crippen molar-refractivity contribution in [3.63, 3.8) is 0 Å². The smallest absolute Gasteiger partial charge is 0.303 e. The molecule has 0 saturated carbocycles. The average molecular weight is 196 g/mol. The van der Waals surface area contributed by atoms with Gasteiger partial charge in [0.2, 0.25) is 0 Å². The first kappa shape index (κ1) is 10.7. The van der Waals surface area contributed by atoms with Crippen LogP contribution < -0.4 is 0 Å².